The molecule has 1 saturated heterocycles. The Hall–Kier alpha value is -3.94. The van der Waals surface area contributed by atoms with Gasteiger partial charge in [-0.25, -0.2) is 4.79 Å². The highest BCUT2D eigenvalue weighted by atomic mass is 35.5. The predicted molar refractivity (Wildman–Crippen MR) is 138 cm³/mol. The zero-order valence-corrected chi connectivity index (χ0v) is 20.9. The van der Waals surface area contributed by atoms with Gasteiger partial charge in [0, 0.05) is 28.2 Å². The third kappa shape index (κ3) is 6.05. The number of halogens is 4. The number of nitrogens with one attached hydrogen (secondary N) is 1. The molecule has 3 aromatic rings. The van der Waals surface area contributed by atoms with Gasteiger partial charge < -0.3 is 26.3 Å². The monoisotopic (exact) mass is 568 g/mol. The second-order valence-corrected chi connectivity index (χ2v) is 8.82. The Kier molecular flexibility index (Phi) is 8.68. The fourth-order valence-electron chi connectivity index (χ4n) is 4.47. The van der Waals surface area contributed by atoms with Crippen LogP contribution in [0.15, 0.2) is 53.3 Å². The molecule has 10 nitrogen and oxygen atoms in total. The van der Waals surface area contributed by atoms with Gasteiger partial charge in [0.15, 0.2) is 5.78 Å². The maximum atomic E-state index is 13.5. The number of amides is 1. The minimum atomic E-state index is -4.62. The van der Waals surface area contributed by atoms with Gasteiger partial charge >= 0.3 is 18.2 Å². The van der Waals surface area contributed by atoms with Crippen molar-refractivity contribution in [2.24, 2.45) is 17.4 Å². The molecule has 4 rings (SSSR count). The lowest BCUT2D eigenvalue weighted by Gasteiger charge is -2.21. The number of H-pyrrole nitrogens is 1. The summed E-state index contributed by atoms with van der Waals surface area (Å²) in [4.78, 5) is 52.5. The number of hydrogen-bond acceptors (Lipinski definition) is 7. The van der Waals surface area contributed by atoms with E-state index in [1.165, 1.54) is 47.4 Å². The number of rotatable bonds is 8. The van der Waals surface area contributed by atoms with Gasteiger partial charge in [0.1, 0.15) is 12.1 Å². The van der Waals surface area contributed by atoms with Crippen LogP contribution in [0.4, 0.5) is 23.7 Å². The van der Waals surface area contributed by atoms with E-state index in [-0.39, 0.29) is 47.7 Å². The third-order valence-corrected chi connectivity index (χ3v) is 6.39. The van der Waals surface area contributed by atoms with Crippen LogP contribution in [-0.2, 0) is 20.5 Å². The molecule has 1 fully saturated rings. The maximum absolute atomic E-state index is 13.5. The number of nitrogens with zero attached hydrogens (tertiary/aromatic N) is 1. The highest BCUT2D eigenvalue weighted by Crippen LogP contribution is 2.37. The minimum Gasteiger partial charge on any atom is -0.480 e. The molecule has 0 spiro atoms. The van der Waals surface area contributed by atoms with E-state index in [0.29, 0.717) is 5.39 Å². The van der Waals surface area contributed by atoms with Crippen molar-refractivity contribution in [1.29, 1.82) is 0 Å². The number of carbonyl (C=O) groups is 3. The first kappa shape index (κ1) is 29.6. The summed E-state index contributed by atoms with van der Waals surface area (Å²) in [6, 6.07) is 9.12. The number of fused-ring (bicyclic) bond motifs is 1. The van der Waals surface area contributed by atoms with Crippen LogP contribution < -0.4 is 21.9 Å². The number of carboxylic acid groups (broad SMARTS) is 1. The Morgan fingerprint density at radius 1 is 1.15 bits per heavy atom. The number of ketones is 1. The zero-order chi connectivity index (χ0) is 27.8. The van der Waals surface area contributed by atoms with E-state index in [1.54, 1.807) is 0 Å². The lowest BCUT2D eigenvalue weighted by Crippen LogP contribution is -2.45. The fourth-order valence-corrected chi connectivity index (χ4v) is 4.47. The number of hydrogen-bond donors (Lipinski definition) is 4. The SMILES string of the molecule is Cl.NCC(=O)C(CC1CN(c2ccc3cc(-c4ccccc4C(F)(F)F)[nH]c(=O)c3c2)C(=O)O1)[C@H](N)C(=O)O. The van der Waals surface area contributed by atoms with Crippen LogP contribution in [0.25, 0.3) is 22.0 Å². The standard InChI is InChI=1S/C25H23F3N4O6.ClH/c26-25(27,28)18-4-2-1-3-15(18)19-7-12-5-6-13(8-16(12)22(34)31-19)32-11-14(38-24(32)37)9-17(20(33)10-29)21(30)23(35)36;/h1-8,14,17,21H,9-11,29-30H2,(H,31,34)(H,35,36);1H/t14?,17?,21-;/m0./s1. The molecule has 0 aliphatic carbocycles. The summed E-state index contributed by atoms with van der Waals surface area (Å²) in [6.07, 6.45) is -6.45. The number of carbonyl (C=O) groups excluding carboxylic acids is 2. The van der Waals surface area contributed by atoms with Crippen molar-refractivity contribution in [3.8, 4) is 11.3 Å². The van der Waals surface area contributed by atoms with Gasteiger partial charge in [-0.05, 0) is 36.1 Å². The summed E-state index contributed by atoms with van der Waals surface area (Å²) in [5, 5.41) is 9.67. The summed E-state index contributed by atoms with van der Waals surface area (Å²) in [6.45, 7) is -0.487. The van der Waals surface area contributed by atoms with E-state index >= 15 is 0 Å². The van der Waals surface area contributed by atoms with E-state index in [4.69, 9.17) is 16.2 Å². The quantitative estimate of drug-likeness (QED) is 0.321. The zero-order valence-electron chi connectivity index (χ0n) is 20.1. The van der Waals surface area contributed by atoms with Crippen molar-refractivity contribution >= 4 is 46.7 Å². The van der Waals surface area contributed by atoms with Crippen LogP contribution >= 0.6 is 12.4 Å². The normalized spacial score (nSPS) is 16.9. The van der Waals surface area contributed by atoms with Crippen molar-refractivity contribution in [2.45, 2.75) is 24.7 Å². The number of aliphatic carboxylic acids is 1. The number of cyclic esters (lactones) is 1. The molecule has 6 N–H and O–H groups in total. The van der Waals surface area contributed by atoms with E-state index < -0.39 is 59.8 Å². The van der Waals surface area contributed by atoms with Crippen molar-refractivity contribution in [3.05, 3.63) is 64.4 Å². The average Bonchev–Trinajstić information content (AvgIpc) is 3.25. The molecule has 2 aromatic carbocycles. The van der Waals surface area contributed by atoms with Crippen LogP contribution in [0.5, 0.6) is 0 Å². The topological polar surface area (TPSA) is 169 Å². The van der Waals surface area contributed by atoms with Gasteiger partial charge in [-0.15, -0.1) is 12.4 Å². The summed E-state index contributed by atoms with van der Waals surface area (Å²) >= 11 is 0. The predicted octanol–water partition coefficient (Wildman–Crippen LogP) is 2.91. The molecule has 1 aliphatic heterocycles. The summed E-state index contributed by atoms with van der Waals surface area (Å²) in [7, 11) is 0. The van der Waals surface area contributed by atoms with E-state index in [2.05, 4.69) is 4.98 Å². The molecule has 3 atom stereocenters. The molecule has 1 aliphatic rings. The largest absolute Gasteiger partial charge is 0.480 e. The third-order valence-electron chi connectivity index (χ3n) is 6.39. The first-order valence-electron chi connectivity index (χ1n) is 11.4. The number of anilines is 1. The van der Waals surface area contributed by atoms with Gasteiger partial charge in [0.2, 0.25) is 0 Å². The van der Waals surface area contributed by atoms with Gasteiger partial charge in [0.05, 0.1) is 18.7 Å². The molecule has 14 heteroatoms. The molecule has 0 bridgehead atoms. The Bertz CT molecular complexity index is 1480. The van der Waals surface area contributed by atoms with Crippen molar-refractivity contribution in [3.63, 3.8) is 0 Å². The Morgan fingerprint density at radius 2 is 1.85 bits per heavy atom. The van der Waals surface area contributed by atoms with E-state index in [9.17, 15) is 37.5 Å². The summed E-state index contributed by atoms with van der Waals surface area (Å²) in [5.74, 6) is -3.16. The number of pyridine rings is 1. The number of nitrogens with two attached hydrogens (primary N) is 2. The number of aromatic amines is 1. The fraction of sp³-hybridized carbons (Fsp3) is 0.280. The van der Waals surface area contributed by atoms with Gasteiger partial charge in [-0.3, -0.25) is 19.3 Å². The number of benzene rings is 2. The van der Waals surface area contributed by atoms with Crippen LogP contribution in [0.3, 0.4) is 0 Å². The van der Waals surface area contributed by atoms with Crippen molar-refractivity contribution in [2.75, 3.05) is 18.0 Å². The van der Waals surface area contributed by atoms with Crippen LogP contribution in [0, 0.1) is 5.92 Å². The lowest BCUT2D eigenvalue weighted by atomic mass is 9.89. The van der Waals surface area contributed by atoms with Crippen LogP contribution in [-0.4, -0.2) is 53.2 Å². The smallest absolute Gasteiger partial charge is 0.417 e. The second-order valence-electron chi connectivity index (χ2n) is 8.82. The Balaban J connectivity index is 0.00000420. The Labute approximate surface area is 225 Å². The molecular weight excluding hydrogens is 545 g/mol. The minimum absolute atomic E-state index is 0. The first-order chi connectivity index (χ1) is 17.9. The molecule has 2 heterocycles. The molecular formula is C25H24ClF3N4O6. The molecule has 0 radical (unpaired) electrons. The molecule has 39 heavy (non-hydrogen) atoms. The van der Waals surface area contributed by atoms with Gasteiger partial charge in [0.25, 0.3) is 5.56 Å². The van der Waals surface area contributed by atoms with E-state index in [0.717, 1.165) is 6.07 Å². The lowest BCUT2D eigenvalue weighted by molar-refractivity contribution is -0.142. The summed E-state index contributed by atoms with van der Waals surface area (Å²) < 4.78 is 45.7. The number of Topliss-reactive ketones (excluding diaryl/α,β-unsaturated/α-hetero) is 1. The first-order valence-corrected chi connectivity index (χ1v) is 11.4. The molecule has 2 unspecified atom stereocenters. The van der Waals surface area contributed by atoms with Crippen LogP contribution in [0.2, 0.25) is 0 Å². The number of ether oxygens (including phenoxy) is 1. The van der Waals surface area contributed by atoms with Crippen molar-refractivity contribution < 1.29 is 37.4 Å². The molecule has 0 saturated carbocycles. The maximum Gasteiger partial charge on any atom is 0.417 e. The number of alkyl halides is 3. The molecule has 1 amide bonds. The highest BCUT2D eigenvalue weighted by molar-refractivity contribution is 5.95. The molecule has 1 aromatic heterocycles. The van der Waals surface area contributed by atoms with Gasteiger partial charge in [-0.2, -0.15) is 13.2 Å². The second kappa shape index (κ2) is 11.4. The van der Waals surface area contributed by atoms with Crippen molar-refractivity contribution in [1.82, 2.24) is 4.98 Å². The highest BCUT2D eigenvalue weighted by Gasteiger charge is 2.39. The molecule has 208 valence electrons. The number of aromatic nitrogens is 1. The average molecular weight is 569 g/mol. The summed E-state index contributed by atoms with van der Waals surface area (Å²) in [5.41, 5.74) is 9.50. The van der Waals surface area contributed by atoms with Gasteiger partial charge in [-0.1, -0.05) is 24.3 Å². The van der Waals surface area contributed by atoms with Crippen LogP contribution in [0.1, 0.15) is 12.0 Å². The Morgan fingerprint density at radius 3 is 2.49 bits per heavy atom. The van der Waals surface area contributed by atoms with E-state index in [1.807, 2.05) is 0 Å². The number of carboxylic acids is 1.